The Bertz CT molecular complexity index is 1350. The highest BCUT2D eigenvalue weighted by Gasteiger charge is 2.19. The van der Waals surface area contributed by atoms with E-state index in [1.165, 1.54) is 154 Å². The van der Waals surface area contributed by atoms with Crippen LogP contribution in [0.2, 0.25) is 0 Å². The van der Waals surface area contributed by atoms with Crippen LogP contribution in [0.3, 0.4) is 0 Å². The molecule has 0 aliphatic carbocycles. The molecule has 0 fully saturated rings. The van der Waals surface area contributed by atoms with Gasteiger partial charge in [0.1, 0.15) is 13.2 Å². The molecule has 70 heavy (non-hydrogen) atoms. The molecule has 0 N–H and O–H groups in total. The highest BCUT2D eigenvalue weighted by molar-refractivity contribution is 5.71. The zero-order valence-electron chi connectivity index (χ0n) is 46.0. The molecule has 0 saturated carbocycles. The number of ether oxygens (including phenoxy) is 3. The van der Waals surface area contributed by atoms with E-state index in [1.54, 1.807) is 0 Å². The van der Waals surface area contributed by atoms with Gasteiger partial charge in [-0.2, -0.15) is 0 Å². The van der Waals surface area contributed by atoms with Gasteiger partial charge in [0.25, 0.3) is 0 Å². The molecule has 0 aromatic heterocycles. The van der Waals surface area contributed by atoms with Crippen LogP contribution in [0.15, 0.2) is 85.1 Å². The van der Waals surface area contributed by atoms with E-state index in [-0.39, 0.29) is 37.5 Å². The number of esters is 3. The van der Waals surface area contributed by atoms with Crippen molar-refractivity contribution in [3.8, 4) is 0 Å². The smallest absolute Gasteiger partial charge is 0.306 e. The normalized spacial score (nSPS) is 12.7. The average Bonchev–Trinajstić information content (AvgIpc) is 3.36. The van der Waals surface area contributed by atoms with E-state index in [1.807, 2.05) is 6.08 Å². The Balaban J connectivity index is 4.37. The fourth-order valence-corrected chi connectivity index (χ4v) is 8.19. The SMILES string of the molecule is CC/C=C\C/C=C\C/C=C\C/C=C\CCC(=O)OCC(COC(=O)CCCCCCCCCCCCC/C=C\C/C=C\CCCCCCC)OC(=O)CCCCCCC/C=C\CCCCCCCCC. The molecule has 0 amide bonds. The molecule has 0 bridgehead atoms. The topological polar surface area (TPSA) is 78.9 Å². The molecule has 0 aliphatic heterocycles. The van der Waals surface area contributed by atoms with Gasteiger partial charge >= 0.3 is 17.9 Å². The second kappa shape index (κ2) is 58.2. The van der Waals surface area contributed by atoms with Crippen LogP contribution in [0.25, 0.3) is 0 Å². The third-order valence-electron chi connectivity index (χ3n) is 12.6. The van der Waals surface area contributed by atoms with E-state index in [9.17, 15) is 14.4 Å². The number of carbonyl (C=O) groups excluding carboxylic acids is 3. The summed E-state index contributed by atoms with van der Waals surface area (Å²) in [7, 11) is 0. The predicted octanol–water partition coefficient (Wildman–Crippen LogP) is 19.9. The van der Waals surface area contributed by atoms with Crippen molar-refractivity contribution in [3.05, 3.63) is 85.1 Å². The lowest BCUT2D eigenvalue weighted by Gasteiger charge is -2.18. The van der Waals surface area contributed by atoms with E-state index in [4.69, 9.17) is 14.2 Å². The van der Waals surface area contributed by atoms with E-state index < -0.39 is 6.10 Å². The maximum Gasteiger partial charge on any atom is 0.306 e. The number of rotatable bonds is 53. The lowest BCUT2D eigenvalue weighted by Crippen LogP contribution is -2.30. The van der Waals surface area contributed by atoms with E-state index in [2.05, 4.69) is 99.8 Å². The summed E-state index contributed by atoms with van der Waals surface area (Å²) in [5.41, 5.74) is 0. The summed E-state index contributed by atoms with van der Waals surface area (Å²) < 4.78 is 16.8. The summed E-state index contributed by atoms with van der Waals surface area (Å²) in [6, 6.07) is 0. The summed E-state index contributed by atoms with van der Waals surface area (Å²) in [6.45, 7) is 6.45. The van der Waals surface area contributed by atoms with Gasteiger partial charge < -0.3 is 14.2 Å². The van der Waals surface area contributed by atoms with Crippen LogP contribution < -0.4 is 0 Å². The third-order valence-corrected chi connectivity index (χ3v) is 12.6. The molecular weight excluding hydrogens is 865 g/mol. The predicted molar refractivity (Wildman–Crippen MR) is 302 cm³/mol. The van der Waals surface area contributed by atoms with Gasteiger partial charge in [0.05, 0.1) is 0 Å². The fourth-order valence-electron chi connectivity index (χ4n) is 8.19. The van der Waals surface area contributed by atoms with Crippen molar-refractivity contribution in [3.63, 3.8) is 0 Å². The van der Waals surface area contributed by atoms with E-state index in [0.717, 1.165) is 83.5 Å². The van der Waals surface area contributed by atoms with Gasteiger partial charge in [-0.05, 0) is 103 Å². The van der Waals surface area contributed by atoms with Crippen LogP contribution in [0.5, 0.6) is 0 Å². The van der Waals surface area contributed by atoms with Crippen LogP contribution >= 0.6 is 0 Å². The molecule has 0 rings (SSSR count). The van der Waals surface area contributed by atoms with Crippen LogP contribution in [-0.4, -0.2) is 37.2 Å². The first-order chi connectivity index (χ1) is 34.5. The van der Waals surface area contributed by atoms with Gasteiger partial charge in [-0.3, -0.25) is 14.4 Å². The number of unbranched alkanes of at least 4 members (excludes halogenated alkanes) is 28. The summed E-state index contributed by atoms with van der Waals surface area (Å²) in [5.74, 6) is -0.992. The maximum absolute atomic E-state index is 12.8. The van der Waals surface area contributed by atoms with Crippen LogP contribution in [0.4, 0.5) is 0 Å². The highest BCUT2D eigenvalue weighted by atomic mass is 16.6. The van der Waals surface area contributed by atoms with E-state index >= 15 is 0 Å². The monoisotopic (exact) mass is 975 g/mol. The Morgan fingerprint density at radius 1 is 0.300 bits per heavy atom. The van der Waals surface area contributed by atoms with Crippen LogP contribution in [0, 0.1) is 0 Å². The van der Waals surface area contributed by atoms with E-state index in [0.29, 0.717) is 19.3 Å². The molecule has 6 heteroatoms. The Hall–Kier alpha value is -3.41. The molecule has 0 aromatic rings. The fraction of sp³-hybridized carbons (Fsp3) is 0.734. The summed E-state index contributed by atoms with van der Waals surface area (Å²) >= 11 is 0. The second-order valence-corrected chi connectivity index (χ2v) is 19.5. The van der Waals surface area contributed by atoms with Gasteiger partial charge in [-0.25, -0.2) is 0 Å². The summed E-state index contributed by atoms with van der Waals surface area (Å²) in [5, 5.41) is 0. The largest absolute Gasteiger partial charge is 0.462 e. The molecule has 0 radical (unpaired) electrons. The molecule has 1 unspecified atom stereocenters. The van der Waals surface area contributed by atoms with Crippen molar-refractivity contribution < 1.29 is 28.6 Å². The molecule has 1 atom stereocenters. The lowest BCUT2D eigenvalue weighted by atomic mass is 10.0. The third kappa shape index (κ3) is 55.5. The Morgan fingerprint density at radius 3 is 0.971 bits per heavy atom. The number of hydrogen-bond donors (Lipinski definition) is 0. The van der Waals surface area contributed by atoms with Crippen molar-refractivity contribution in [1.29, 1.82) is 0 Å². The zero-order valence-corrected chi connectivity index (χ0v) is 46.0. The minimum Gasteiger partial charge on any atom is -0.462 e. The number of allylic oxidation sites excluding steroid dienone is 14. The average molecular weight is 976 g/mol. The first-order valence-corrected chi connectivity index (χ1v) is 29.6. The molecule has 6 nitrogen and oxygen atoms in total. The highest BCUT2D eigenvalue weighted by Crippen LogP contribution is 2.15. The number of carbonyl (C=O) groups is 3. The second-order valence-electron chi connectivity index (χ2n) is 19.5. The quantitative estimate of drug-likeness (QED) is 0.0261. The van der Waals surface area contributed by atoms with Gasteiger partial charge in [-0.15, -0.1) is 0 Å². The van der Waals surface area contributed by atoms with Crippen LogP contribution in [0.1, 0.15) is 284 Å². The van der Waals surface area contributed by atoms with Crippen molar-refractivity contribution in [2.24, 2.45) is 0 Å². The number of hydrogen-bond acceptors (Lipinski definition) is 6. The minimum atomic E-state index is -0.811. The molecule has 0 saturated heterocycles. The van der Waals surface area contributed by atoms with Gasteiger partial charge in [0, 0.05) is 19.3 Å². The standard InChI is InChI=1S/C64H110O6/c1-4-7-10-13-16-19-22-25-27-29-30-31-32-33-34-35-37-39-42-45-48-51-54-57-63(66)69-60-61(59-68-62(65)56-53-50-47-44-41-38-24-21-18-15-12-9-6-3)70-64(67)58-55-52-49-46-43-40-36-28-26-23-20-17-14-11-8-5-2/h9,12,18,21-22,25,28-30,36,38,41,47,50,61H,4-8,10-11,13-17,19-20,23-24,26-27,31-35,37,39-40,42-46,48-49,51-60H2,1-3H3/b12-9-,21-18-,25-22-,30-29-,36-28-,41-38-,50-47-. The zero-order chi connectivity index (χ0) is 50.7. The Labute approximate surface area is 433 Å². The minimum absolute atomic E-state index is 0.102. The summed E-state index contributed by atoms with van der Waals surface area (Å²) in [6.07, 6.45) is 76.0. The van der Waals surface area contributed by atoms with Crippen molar-refractivity contribution in [2.75, 3.05) is 13.2 Å². The van der Waals surface area contributed by atoms with Gasteiger partial charge in [0.15, 0.2) is 6.10 Å². The Morgan fingerprint density at radius 2 is 0.586 bits per heavy atom. The molecular formula is C64H110O6. The first kappa shape index (κ1) is 66.6. The van der Waals surface area contributed by atoms with Crippen molar-refractivity contribution >= 4 is 17.9 Å². The first-order valence-electron chi connectivity index (χ1n) is 29.6. The van der Waals surface area contributed by atoms with Crippen molar-refractivity contribution in [2.45, 2.75) is 290 Å². The Kier molecular flexibility index (Phi) is 55.3. The van der Waals surface area contributed by atoms with Crippen LogP contribution in [-0.2, 0) is 28.6 Å². The lowest BCUT2D eigenvalue weighted by molar-refractivity contribution is -0.166. The molecule has 0 aliphatic rings. The van der Waals surface area contributed by atoms with Gasteiger partial charge in [0.2, 0.25) is 0 Å². The van der Waals surface area contributed by atoms with Crippen molar-refractivity contribution in [1.82, 2.24) is 0 Å². The molecule has 0 aromatic carbocycles. The molecule has 0 spiro atoms. The maximum atomic E-state index is 12.8. The summed E-state index contributed by atoms with van der Waals surface area (Å²) in [4.78, 5) is 38.1. The molecule has 0 heterocycles. The van der Waals surface area contributed by atoms with Gasteiger partial charge in [-0.1, -0.05) is 247 Å². The molecule has 402 valence electrons.